The van der Waals surface area contributed by atoms with E-state index >= 15 is 0 Å². The van der Waals surface area contributed by atoms with Gasteiger partial charge in [-0.05, 0) is 29.3 Å². The van der Waals surface area contributed by atoms with Crippen LogP contribution in [0.5, 0.6) is 0 Å². The zero-order valence-corrected chi connectivity index (χ0v) is 16.4. The molecule has 0 saturated heterocycles. The molecule has 0 fully saturated rings. The predicted molar refractivity (Wildman–Crippen MR) is 111 cm³/mol. The van der Waals surface area contributed by atoms with Crippen LogP contribution < -0.4 is 27.7 Å². The lowest BCUT2D eigenvalue weighted by Crippen LogP contribution is -2.30. The van der Waals surface area contributed by atoms with Gasteiger partial charge >= 0.3 is 6.09 Å². The molecular formula is C19H24N6O5. The van der Waals surface area contributed by atoms with Gasteiger partial charge in [0.05, 0.1) is 13.0 Å². The van der Waals surface area contributed by atoms with Crippen LogP contribution >= 0.6 is 0 Å². The smallest absolute Gasteiger partial charge is 0.412 e. The number of carbonyl (C=O) groups excluding carboxylic acids is 2. The number of nitrogens with one attached hydrogen (secondary N) is 3. The minimum Gasteiger partial charge on any atom is -0.444 e. The standard InChI is InChI=1S/C19H24N6O5/c1-12-9-14(10-15(26)22-7-8-30-25-18(20)21)16(17(27)23-12)24-19(28)29-11-13-5-3-2-4-6-13/h2-6,9H,7-8,10-11H2,1H3,(H,22,26)(H,23,27)(H,24,28)(H4,20,21,25). The molecule has 0 bridgehead atoms. The minimum absolute atomic E-state index is 0.0437. The lowest BCUT2D eigenvalue weighted by atomic mass is 10.1. The Bertz CT molecular complexity index is 954. The van der Waals surface area contributed by atoms with Gasteiger partial charge in [0, 0.05) is 5.69 Å². The first-order valence-electron chi connectivity index (χ1n) is 9.03. The molecule has 0 aliphatic carbocycles. The zero-order chi connectivity index (χ0) is 21.9. The van der Waals surface area contributed by atoms with E-state index < -0.39 is 11.7 Å². The van der Waals surface area contributed by atoms with Crippen LogP contribution in [0.15, 0.2) is 46.3 Å². The first-order chi connectivity index (χ1) is 14.3. The fourth-order valence-electron chi connectivity index (χ4n) is 2.49. The molecule has 2 amide bonds. The average molecular weight is 416 g/mol. The van der Waals surface area contributed by atoms with Crippen molar-refractivity contribution in [2.45, 2.75) is 20.0 Å². The number of anilines is 1. The largest absolute Gasteiger partial charge is 0.444 e. The number of ether oxygens (including phenoxy) is 1. The summed E-state index contributed by atoms with van der Waals surface area (Å²) in [5.41, 5.74) is 11.3. The number of pyridine rings is 1. The molecule has 11 nitrogen and oxygen atoms in total. The molecule has 0 spiro atoms. The number of benzene rings is 1. The monoisotopic (exact) mass is 416 g/mol. The van der Waals surface area contributed by atoms with Crippen molar-refractivity contribution in [1.82, 2.24) is 10.3 Å². The van der Waals surface area contributed by atoms with Gasteiger partial charge in [0.25, 0.3) is 5.56 Å². The summed E-state index contributed by atoms with van der Waals surface area (Å²) in [6, 6.07) is 10.7. The van der Waals surface area contributed by atoms with Crippen LogP contribution in [0.25, 0.3) is 0 Å². The third kappa shape index (κ3) is 7.54. The number of hydrogen-bond acceptors (Lipinski definition) is 6. The molecule has 11 heteroatoms. The van der Waals surface area contributed by atoms with Crippen LogP contribution in [-0.2, 0) is 27.4 Å². The molecule has 0 saturated carbocycles. The number of H-pyrrole nitrogens is 1. The number of aromatic nitrogens is 1. The summed E-state index contributed by atoms with van der Waals surface area (Å²) in [6.45, 7) is 1.93. The van der Waals surface area contributed by atoms with Gasteiger partial charge in [-0.1, -0.05) is 30.3 Å². The molecule has 0 aliphatic heterocycles. The summed E-state index contributed by atoms with van der Waals surface area (Å²) in [5.74, 6) is -0.607. The topological polar surface area (TPSA) is 174 Å². The Labute approximate surface area is 172 Å². The molecule has 30 heavy (non-hydrogen) atoms. The quantitative estimate of drug-likeness (QED) is 0.169. The number of carbonyl (C=O) groups is 2. The molecule has 0 aliphatic rings. The highest BCUT2D eigenvalue weighted by atomic mass is 16.6. The van der Waals surface area contributed by atoms with E-state index in [2.05, 4.69) is 20.8 Å². The molecule has 2 rings (SSSR count). The highest BCUT2D eigenvalue weighted by Crippen LogP contribution is 2.13. The summed E-state index contributed by atoms with van der Waals surface area (Å²) in [4.78, 5) is 44.0. The molecule has 0 atom stereocenters. The van der Waals surface area contributed by atoms with Gasteiger partial charge in [-0.3, -0.25) is 14.9 Å². The van der Waals surface area contributed by atoms with Gasteiger partial charge in [0.1, 0.15) is 18.9 Å². The van der Waals surface area contributed by atoms with E-state index in [4.69, 9.17) is 21.0 Å². The Hall–Kier alpha value is -4.02. The van der Waals surface area contributed by atoms with Crippen molar-refractivity contribution in [3.05, 3.63) is 63.6 Å². The van der Waals surface area contributed by atoms with E-state index in [1.54, 1.807) is 25.1 Å². The molecular weight excluding hydrogens is 392 g/mol. The van der Waals surface area contributed by atoms with Gasteiger partial charge < -0.3 is 31.3 Å². The van der Waals surface area contributed by atoms with E-state index in [-0.39, 0.29) is 43.7 Å². The van der Waals surface area contributed by atoms with E-state index in [1.807, 2.05) is 18.2 Å². The number of nitrogens with two attached hydrogens (primary N) is 2. The Morgan fingerprint density at radius 1 is 1.20 bits per heavy atom. The maximum Gasteiger partial charge on any atom is 0.412 e. The zero-order valence-electron chi connectivity index (χ0n) is 16.4. The summed E-state index contributed by atoms with van der Waals surface area (Å²) in [6.07, 6.45) is -0.943. The van der Waals surface area contributed by atoms with Crippen molar-refractivity contribution in [3.8, 4) is 0 Å². The van der Waals surface area contributed by atoms with Crippen LogP contribution in [0.2, 0.25) is 0 Å². The van der Waals surface area contributed by atoms with Gasteiger partial charge in [0.15, 0.2) is 0 Å². The number of amides is 2. The Balaban J connectivity index is 1.97. The second-order valence-corrected chi connectivity index (χ2v) is 6.24. The van der Waals surface area contributed by atoms with Crippen molar-refractivity contribution >= 4 is 23.6 Å². The summed E-state index contributed by atoms with van der Waals surface area (Å²) in [7, 11) is 0. The fraction of sp³-hybridized carbons (Fsp3) is 0.263. The molecule has 7 N–H and O–H groups in total. The molecule has 1 heterocycles. The van der Waals surface area contributed by atoms with Crippen molar-refractivity contribution in [3.63, 3.8) is 0 Å². The number of nitrogens with zero attached hydrogens (tertiary/aromatic N) is 1. The molecule has 0 radical (unpaired) electrons. The predicted octanol–water partition coefficient (Wildman–Crippen LogP) is 0.296. The molecule has 0 unspecified atom stereocenters. The lowest BCUT2D eigenvalue weighted by molar-refractivity contribution is -0.120. The number of guanidine groups is 1. The van der Waals surface area contributed by atoms with E-state index in [9.17, 15) is 14.4 Å². The van der Waals surface area contributed by atoms with Crippen molar-refractivity contribution in [1.29, 1.82) is 0 Å². The van der Waals surface area contributed by atoms with Crippen molar-refractivity contribution < 1.29 is 19.2 Å². The summed E-state index contributed by atoms with van der Waals surface area (Å²) < 4.78 is 5.14. The maximum absolute atomic E-state index is 12.3. The third-order valence-corrected chi connectivity index (χ3v) is 3.73. The van der Waals surface area contributed by atoms with Crippen molar-refractivity contribution in [2.75, 3.05) is 18.5 Å². The number of oxime groups is 1. The minimum atomic E-state index is -0.805. The van der Waals surface area contributed by atoms with Gasteiger partial charge in [-0.2, -0.15) is 0 Å². The van der Waals surface area contributed by atoms with E-state index in [1.165, 1.54) is 0 Å². The van der Waals surface area contributed by atoms with Crippen LogP contribution in [0.1, 0.15) is 16.8 Å². The average Bonchev–Trinajstić information content (AvgIpc) is 2.69. The summed E-state index contributed by atoms with van der Waals surface area (Å²) in [5, 5.41) is 8.34. The van der Waals surface area contributed by atoms with Gasteiger partial charge in [-0.15, -0.1) is 0 Å². The summed E-state index contributed by atoms with van der Waals surface area (Å²) >= 11 is 0. The maximum atomic E-state index is 12.3. The number of hydrogen-bond donors (Lipinski definition) is 5. The lowest BCUT2D eigenvalue weighted by Gasteiger charge is -2.12. The third-order valence-electron chi connectivity index (χ3n) is 3.73. The second kappa shape index (κ2) is 11.1. The van der Waals surface area contributed by atoms with Gasteiger partial charge in [-0.25, -0.2) is 4.79 Å². The SMILES string of the molecule is Cc1cc(CC(=O)NCCON=C(N)N)c(NC(=O)OCc2ccccc2)c(=O)[nH]1. The molecule has 2 aromatic rings. The highest BCUT2D eigenvalue weighted by Gasteiger charge is 2.15. The normalized spacial score (nSPS) is 10.0. The van der Waals surface area contributed by atoms with E-state index in [0.29, 0.717) is 11.3 Å². The van der Waals surface area contributed by atoms with Crippen LogP contribution in [-0.4, -0.2) is 36.1 Å². The molecule has 1 aromatic heterocycles. The van der Waals surface area contributed by atoms with Crippen molar-refractivity contribution in [2.24, 2.45) is 16.6 Å². The van der Waals surface area contributed by atoms with Gasteiger partial charge in [0.2, 0.25) is 11.9 Å². The number of aryl methyl sites for hydroxylation is 1. The van der Waals surface area contributed by atoms with Crippen LogP contribution in [0, 0.1) is 6.92 Å². The number of rotatable bonds is 9. The second-order valence-electron chi connectivity index (χ2n) is 6.24. The first-order valence-corrected chi connectivity index (χ1v) is 9.03. The molecule has 160 valence electrons. The number of aromatic amines is 1. The van der Waals surface area contributed by atoms with Crippen LogP contribution in [0.4, 0.5) is 10.5 Å². The Kier molecular flexibility index (Phi) is 8.24. The Morgan fingerprint density at radius 2 is 1.93 bits per heavy atom. The fourth-order valence-corrected chi connectivity index (χ4v) is 2.49. The first kappa shape index (κ1) is 22.3. The Morgan fingerprint density at radius 3 is 2.63 bits per heavy atom. The van der Waals surface area contributed by atoms with Crippen LogP contribution in [0.3, 0.4) is 0 Å². The molecule has 1 aromatic carbocycles. The highest BCUT2D eigenvalue weighted by molar-refractivity contribution is 5.87. The van der Waals surface area contributed by atoms with E-state index in [0.717, 1.165) is 5.56 Å².